The number of hydrogen-bond acceptors (Lipinski definition) is 4. The highest BCUT2D eigenvalue weighted by molar-refractivity contribution is 9.10. The number of likely N-dealkylation sites (N-methyl/N-ethyl adjacent to an activating group) is 1. The molecule has 0 saturated carbocycles. The van der Waals surface area contributed by atoms with E-state index < -0.39 is 0 Å². The van der Waals surface area contributed by atoms with Crippen molar-refractivity contribution in [1.82, 2.24) is 4.90 Å². The minimum atomic E-state index is 0.130. The molecular formula is C13H21BrN2O2. The number of nitrogens with zero attached hydrogens (tertiary/aromatic N) is 1. The molecule has 1 fully saturated rings. The zero-order valence-electron chi connectivity index (χ0n) is 10.8. The maximum Gasteiger partial charge on any atom is 0.169 e. The van der Waals surface area contributed by atoms with Gasteiger partial charge in [0, 0.05) is 19.7 Å². The van der Waals surface area contributed by atoms with Crippen LogP contribution in [0.3, 0.4) is 0 Å². The van der Waals surface area contributed by atoms with Gasteiger partial charge < -0.3 is 14.9 Å². The second kappa shape index (κ2) is 6.70. The molecule has 1 aromatic rings. The van der Waals surface area contributed by atoms with Crippen molar-refractivity contribution >= 4 is 15.9 Å². The van der Waals surface area contributed by atoms with Crippen LogP contribution in [0, 0.1) is 0 Å². The lowest BCUT2D eigenvalue weighted by atomic mass is 10.1. The van der Waals surface area contributed by atoms with Crippen LogP contribution in [-0.4, -0.2) is 37.2 Å². The molecule has 1 aliphatic heterocycles. The van der Waals surface area contributed by atoms with Gasteiger partial charge in [-0.15, -0.1) is 0 Å². The Morgan fingerprint density at radius 1 is 1.56 bits per heavy atom. The van der Waals surface area contributed by atoms with Crippen LogP contribution < -0.4 is 5.73 Å². The molecule has 1 aliphatic rings. The smallest absolute Gasteiger partial charge is 0.169 e. The summed E-state index contributed by atoms with van der Waals surface area (Å²) in [6.45, 7) is 5.47. The number of ether oxygens (including phenoxy) is 1. The van der Waals surface area contributed by atoms with Crippen molar-refractivity contribution < 1.29 is 9.15 Å². The SMILES string of the molecule is CCN(CC1CCCO1)C(CN)c1ccc(Br)o1. The van der Waals surface area contributed by atoms with E-state index in [0.29, 0.717) is 12.6 Å². The highest BCUT2D eigenvalue weighted by Gasteiger charge is 2.25. The summed E-state index contributed by atoms with van der Waals surface area (Å²) in [6.07, 6.45) is 2.66. The minimum absolute atomic E-state index is 0.130. The van der Waals surface area contributed by atoms with E-state index in [1.165, 1.54) is 6.42 Å². The molecule has 1 saturated heterocycles. The standard InChI is InChI=1S/C13H21BrN2O2/c1-2-16(9-10-4-3-7-17-10)11(8-15)12-5-6-13(14)18-12/h5-6,10-11H,2-4,7-9,15H2,1H3. The number of rotatable bonds is 6. The molecule has 5 heteroatoms. The zero-order valence-corrected chi connectivity index (χ0v) is 12.4. The predicted octanol–water partition coefficient (Wildman–Crippen LogP) is 2.54. The highest BCUT2D eigenvalue weighted by atomic mass is 79.9. The van der Waals surface area contributed by atoms with Gasteiger partial charge in [-0.25, -0.2) is 0 Å². The molecule has 2 unspecified atom stereocenters. The Kier molecular flexibility index (Phi) is 5.24. The fraction of sp³-hybridized carbons (Fsp3) is 0.692. The van der Waals surface area contributed by atoms with Crippen molar-refractivity contribution in [1.29, 1.82) is 0 Å². The predicted molar refractivity (Wildman–Crippen MR) is 74.4 cm³/mol. The highest BCUT2D eigenvalue weighted by Crippen LogP contribution is 2.26. The van der Waals surface area contributed by atoms with Crippen molar-refractivity contribution in [2.24, 2.45) is 5.73 Å². The van der Waals surface area contributed by atoms with Crippen LogP contribution >= 0.6 is 15.9 Å². The number of halogens is 1. The van der Waals surface area contributed by atoms with Crippen molar-refractivity contribution in [2.45, 2.75) is 31.9 Å². The average Bonchev–Trinajstić information content (AvgIpc) is 3.01. The van der Waals surface area contributed by atoms with E-state index in [2.05, 4.69) is 27.8 Å². The van der Waals surface area contributed by atoms with Gasteiger partial charge in [0.25, 0.3) is 0 Å². The Bertz CT molecular complexity index is 364. The summed E-state index contributed by atoms with van der Waals surface area (Å²) in [5.41, 5.74) is 5.91. The van der Waals surface area contributed by atoms with Gasteiger partial charge in [0.15, 0.2) is 4.67 Å². The van der Waals surface area contributed by atoms with Crippen LogP contribution in [0.2, 0.25) is 0 Å². The normalized spacial score (nSPS) is 21.7. The van der Waals surface area contributed by atoms with Crippen molar-refractivity contribution in [2.75, 3.05) is 26.2 Å². The molecule has 2 heterocycles. The van der Waals surface area contributed by atoms with Crippen molar-refractivity contribution in [3.63, 3.8) is 0 Å². The molecule has 18 heavy (non-hydrogen) atoms. The summed E-state index contributed by atoms with van der Waals surface area (Å²) in [5.74, 6) is 0.921. The van der Waals surface area contributed by atoms with Gasteiger partial charge in [-0.2, -0.15) is 0 Å². The first-order valence-corrected chi connectivity index (χ1v) is 7.34. The topological polar surface area (TPSA) is 51.6 Å². The fourth-order valence-electron chi connectivity index (χ4n) is 2.48. The van der Waals surface area contributed by atoms with Crippen LogP contribution in [0.25, 0.3) is 0 Å². The summed E-state index contributed by atoms with van der Waals surface area (Å²) in [7, 11) is 0. The van der Waals surface area contributed by atoms with Gasteiger partial charge >= 0.3 is 0 Å². The molecule has 0 radical (unpaired) electrons. The Morgan fingerprint density at radius 2 is 2.39 bits per heavy atom. The molecule has 0 amide bonds. The minimum Gasteiger partial charge on any atom is -0.453 e. The van der Waals surface area contributed by atoms with E-state index in [1.807, 2.05) is 12.1 Å². The van der Waals surface area contributed by atoms with Crippen LogP contribution in [0.5, 0.6) is 0 Å². The van der Waals surface area contributed by atoms with Crippen LogP contribution in [-0.2, 0) is 4.74 Å². The first kappa shape index (κ1) is 14.1. The lowest BCUT2D eigenvalue weighted by Gasteiger charge is -2.30. The Hall–Kier alpha value is -0.360. The molecule has 0 spiro atoms. The molecule has 0 aliphatic carbocycles. The Labute approximate surface area is 117 Å². The van der Waals surface area contributed by atoms with Crippen molar-refractivity contribution in [3.05, 3.63) is 22.6 Å². The molecule has 2 atom stereocenters. The summed E-state index contributed by atoms with van der Waals surface area (Å²) >= 11 is 3.34. The number of nitrogens with two attached hydrogens (primary N) is 1. The van der Waals surface area contributed by atoms with Crippen LogP contribution in [0.15, 0.2) is 21.2 Å². The molecule has 0 aromatic carbocycles. The monoisotopic (exact) mass is 316 g/mol. The molecule has 2 N–H and O–H groups in total. The lowest BCUT2D eigenvalue weighted by molar-refractivity contribution is 0.0560. The Balaban J connectivity index is 2.03. The van der Waals surface area contributed by atoms with E-state index in [-0.39, 0.29) is 6.04 Å². The largest absolute Gasteiger partial charge is 0.453 e. The van der Waals surface area contributed by atoms with Gasteiger partial charge in [0.1, 0.15) is 5.76 Å². The molecular weight excluding hydrogens is 296 g/mol. The average molecular weight is 317 g/mol. The van der Waals surface area contributed by atoms with Crippen LogP contribution in [0.4, 0.5) is 0 Å². The zero-order chi connectivity index (χ0) is 13.0. The fourth-order valence-corrected chi connectivity index (χ4v) is 2.80. The van der Waals surface area contributed by atoms with Gasteiger partial charge in [0.05, 0.1) is 12.1 Å². The van der Waals surface area contributed by atoms with E-state index in [0.717, 1.165) is 36.5 Å². The van der Waals surface area contributed by atoms with E-state index >= 15 is 0 Å². The third-order valence-electron chi connectivity index (χ3n) is 3.45. The van der Waals surface area contributed by atoms with E-state index in [1.54, 1.807) is 0 Å². The summed E-state index contributed by atoms with van der Waals surface area (Å²) in [5, 5.41) is 0. The van der Waals surface area contributed by atoms with Crippen LogP contribution in [0.1, 0.15) is 31.6 Å². The third-order valence-corrected chi connectivity index (χ3v) is 3.88. The second-order valence-electron chi connectivity index (χ2n) is 4.62. The van der Waals surface area contributed by atoms with Gasteiger partial charge in [-0.3, -0.25) is 4.90 Å². The quantitative estimate of drug-likeness (QED) is 0.876. The molecule has 102 valence electrons. The number of furan rings is 1. The van der Waals surface area contributed by atoms with E-state index in [9.17, 15) is 0 Å². The van der Waals surface area contributed by atoms with Crippen molar-refractivity contribution in [3.8, 4) is 0 Å². The molecule has 0 bridgehead atoms. The molecule has 1 aromatic heterocycles. The van der Waals surface area contributed by atoms with Gasteiger partial charge in [0.2, 0.25) is 0 Å². The molecule has 4 nitrogen and oxygen atoms in total. The summed E-state index contributed by atoms with van der Waals surface area (Å²) in [4.78, 5) is 2.33. The third kappa shape index (κ3) is 3.35. The number of hydrogen-bond donors (Lipinski definition) is 1. The lowest BCUT2D eigenvalue weighted by Crippen LogP contribution is -2.38. The summed E-state index contributed by atoms with van der Waals surface area (Å²) < 4.78 is 12.1. The first-order chi connectivity index (χ1) is 8.74. The van der Waals surface area contributed by atoms with Gasteiger partial charge in [-0.05, 0) is 47.4 Å². The summed E-state index contributed by atoms with van der Waals surface area (Å²) in [6, 6.07) is 4.03. The Morgan fingerprint density at radius 3 is 2.89 bits per heavy atom. The maximum atomic E-state index is 5.91. The van der Waals surface area contributed by atoms with Gasteiger partial charge in [-0.1, -0.05) is 6.92 Å². The maximum absolute atomic E-state index is 5.91. The second-order valence-corrected chi connectivity index (χ2v) is 5.40. The first-order valence-electron chi connectivity index (χ1n) is 6.55. The van der Waals surface area contributed by atoms with E-state index in [4.69, 9.17) is 14.9 Å². The molecule has 2 rings (SSSR count).